The number of carbonyl (C=O) groups is 2. The van der Waals surface area contributed by atoms with E-state index < -0.39 is 6.04 Å². The molecule has 2 aromatic carbocycles. The fraction of sp³-hybridized carbons (Fsp3) is 0.481. The maximum absolute atomic E-state index is 13.4. The Balaban J connectivity index is 1.77. The fourth-order valence-electron chi connectivity index (χ4n) is 4.27. The van der Waals surface area contributed by atoms with Gasteiger partial charge in [-0.3, -0.25) is 9.59 Å². The summed E-state index contributed by atoms with van der Waals surface area (Å²) in [4.78, 5) is 28.2. The predicted molar refractivity (Wildman–Crippen MR) is 128 cm³/mol. The molecule has 1 atom stereocenters. The van der Waals surface area contributed by atoms with Gasteiger partial charge in [-0.2, -0.15) is 0 Å². The molecule has 1 N–H and O–H groups in total. The quantitative estimate of drug-likeness (QED) is 0.651. The zero-order valence-corrected chi connectivity index (χ0v) is 19.8. The van der Waals surface area contributed by atoms with E-state index in [1.54, 1.807) is 12.0 Å². The van der Waals surface area contributed by atoms with Crippen molar-refractivity contribution in [2.24, 2.45) is 0 Å². The first-order valence-electron chi connectivity index (χ1n) is 11.7. The number of carbonyl (C=O) groups excluding carboxylic acids is 2. The first kappa shape index (κ1) is 23.8. The van der Waals surface area contributed by atoms with Gasteiger partial charge in [-0.15, -0.1) is 0 Å². The zero-order chi connectivity index (χ0) is 23.1. The van der Waals surface area contributed by atoms with Crippen molar-refractivity contribution < 1.29 is 14.3 Å². The molecule has 2 aromatic rings. The minimum atomic E-state index is -0.543. The van der Waals surface area contributed by atoms with Crippen molar-refractivity contribution in [2.45, 2.75) is 77.9 Å². The molecule has 0 radical (unpaired) electrons. The number of rotatable bonds is 8. The number of hydrogen-bond acceptors (Lipinski definition) is 3. The van der Waals surface area contributed by atoms with Crippen LogP contribution in [0.5, 0.6) is 5.75 Å². The maximum atomic E-state index is 13.4. The molecule has 0 unspecified atom stereocenters. The van der Waals surface area contributed by atoms with E-state index in [-0.39, 0.29) is 24.3 Å². The largest absolute Gasteiger partial charge is 0.497 e. The molecule has 0 saturated heterocycles. The van der Waals surface area contributed by atoms with E-state index in [0.29, 0.717) is 6.54 Å². The number of amides is 2. The van der Waals surface area contributed by atoms with E-state index in [1.165, 1.54) is 17.5 Å². The number of benzene rings is 2. The highest BCUT2D eigenvalue weighted by atomic mass is 16.5. The van der Waals surface area contributed by atoms with Gasteiger partial charge in [0.15, 0.2) is 0 Å². The van der Waals surface area contributed by atoms with E-state index >= 15 is 0 Å². The summed E-state index contributed by atoms with van der Waals surface area (Å²) in [5.41, 5.74) is 4.31. The van der Waals surface area contributed by atoms with Crippen molar-refractivity contribution in [3.8, 4) is 5.75 Å². The average Bonchev–Trinajstić information content (AvgIpc) is 2.80. The molecule has 0 spiro atoms. The molecule has 0 bridgehead atoms. The highest BCUT2D eigenvalue weighted by Crippen LogP contribution is 2.20. The fourth-order valence-corrected chi connectivity index (χ4v) is 4.27. The van der Waals surface area contributed by atoms with E-state index in [4.69, 9.17) is 4.74 Å². The van der Waals surface area contributed by atoms with Crippen LogP contribution in [-0.4, -0.2) is 35.9 Å². The van der Waals surface area contributed by atoms with E-state index in [2.05, 4.69) is 25.2 Å². The molecule has 3 rings (SSSR count). The van der Waals surface area contributed by atoms with Crippen LogP contribution in [0.15, 0.2) is 42.5 Å². The van der Waals surface area contributed by atoms with Gasteiger partial charge in [-0.1, -0.05) is 49.6 Å². The smallest absolute Gasteiger partial charge is 0.242 e. The zero-order valence-electron chi connectivity index (χ0n) is 19.8. The van der Waals surface area contributed by atoms with Crippen LogP contribution in [0.2, 0.25) is 0 Å². The first-order chi connectivity index (χ1) is 15.4. The Morgan fingerprint density at radius 2 is 1.66 bits per heavy atom. The second-order valence-corrected chi connectivity index (χ2v) is 8.98. The predicted octanol–water partition coefficient (Wildman–Crippen LogP) is 4.72. The van der Waals surface area contributed by atoms with Gasteiger partial charge >= 0.3 is 0 Å². The van der Waals surface area contributed by atoms with Crippen molar-refractivity contribution in [3.05, 3.63) is 64.7 Å². The molecule has 172 valence electrons. The van der Waals surface area contributed by atoms with Crippen molar-refractivity contribution in [1.82, 2.24) is 10.2 Å². The molecule has 1 aliphatic rings. The van der Waals surface area contributed by atoms with Crippen LogP contribution in [0, 0.1) is 13.8 Å². The minimum Gasteiger partial charge on any atom is -0.497 e. The Bertz CT molecular complexity index is 917. The molecule has 1 fully saturated rings. The summed E-state index contributed by atoms with van der Waals surface area (Å²) < 4.78 is 5.25. The van der Waals surface area contributed by atoms with Crippen molar-refractivity contribution >= 4 is 11.8 Å². The van der Waals surface area contributed by atoms with Gasteiger partial charge in [-0.05, 0) is 68.0 Å². The van der Waals surface area contributed by atoms with Crippen LogP contribution < -0.4 is 10.1 Å². The standard InChI is InChI=1S/C27H36N2O3/c1-19-10-11-23(16-20(19)2)17-26(30)29(18-22-12-14-25(32-4)15-13-22)21(3)27(31)28-24-8-6-5-7-9-24/h10-16,21,24H,5-9,17-18H2,1-4H3,(H,28,31)/t21-/m0/s1. The van der Waals surface area contributed by atoms with E-state index in [1.807, 2.05) is 43.3 Å². The molecule has 2 amide bonds. The summed E-state index contributed by atoms with van der Waals surface area (Å²) in [6.45, 7) is 6.33. The number of nitrogens with one attached hydrogen (secondary N) is 1. The summed E-state index contributed by atoms with van der Waals surface area (Å²) in [7, 11) is 1.63. The Labute approximate surface area is 192 Å². The summed E-state index contributed by atoms with van der Waals surface area (Å²) in [6, 6.07) is 13.4. The van der Waals surface area contributed by atoms with Gasteiger partial charge in [0.25, 0.3) is 0 Å². The second-order valence-electron chi connectivity index (χ2n) is 8.98. The van der Waals surface area contributed by atoms with Crippen molar-refractivity contribution in [1.29, 1.82) is 0 Å². The molecule has 5 nitrogen and oxygen atoms in total. The summed E-state index contributed by atoms with van der Waals surface area (Å²) in [5, 5.41) is 3.19. The number of ether oxygens (including phenoxy) is 1. The average molecular weight is 437 g/mol. The number of methoxy groups -OCH3 is 1. The van der Waals surface area contributed by atoms with Gasteiger partial charge in [0.05, 0.1) is 13.5 Å². The van der Waals surface area contributed by atoms with Crippen LogP contribution in [0.25, 0.3) is 0 Å². The second kappa shape index (κ2) is 11.2. The van der Waals surface area contributed by atoms with Gasteiger partial charge in [-0.25, -0.2) is 0 Å². The van der Waals surface area contributed by atoms with Crippen LogP contribution in [0.1, 0.15) is 61.3 Å². The Hall–Kier alpha value is -2.82. The van der Waals surface area contributed by atoms with Crippen molar-refractivity contribution in [3.63, 3.8) is 0 Å². The molecule has 1 aliphatic carbocycles. The van der Waals surface area contributed by atoms with Crippen LogP contribution in [0.4, 0.5) is 0 Å². The minimum absolute atomic E-state index is 0.0460. The topological polar surface area (TPSA) is 58.6 Å². The highest BCUT2D eigenvalue weighted by molar-refractivity contribution is 5.88. The number of nitrogens with zero attached hydrogens (tertiary/aromatic N) is 1. The molecule has 0 heterocycles. The lowest BCUT2D eigenvalue weighted by molar-refractivity contribution is -0.140. The van der Waals surface area contributed by atoms with E-state index in [0.717, 1.165) is 42.6 Å². The SMILES string of the molecule is COc1ccc(CN(C(=O)Cc2ccc(C)c(C)c2)[C@@H](C)C(=O)NC2CCCCC2)cc1. The van der Waals surface area contributed by atoms with Crippen LogP contribution >= 0.6 is 0 Å². The third-order valence-corrected chi connectivity index (χ3v) is 6.56. The summed E-state index contributed by atoms with van der Waals surface area (Å²) in [6.07, 6.45) is 5.86. The van der Waals surface area contributed by atoms with Crippen LogP contribution in [0.3, 0.4) is 0 Å². The maximum Gasteiger partial charge on any atom is 0.242 e. The first-order valence-corrected chi connectivity index (χ1v) is 11.7. The van der Waals surface area contributed by atoms with Gasteiger partial charge < -0.3 is 15.0 Å². The van der Waals surface area contributed by atoms with Gasteiger partial charge in [0.2, 0.25) is 11.8 Å². The molecular weight excluding hydrogens is 400 g/mol. The van der Waals surface area contributed by atoms with Crippen LogP contribution in [-0.2, 0) is 22.6 Å². The Morgan fingerprint density at radius 1 is 1.00 bits per heavy atom. The molecule has 1 saturated carbocycles. The molecule has 32 heavy (non-hydrogen) atoms. The highest BCUT2D eigenvalue weighted by Gasteiger charge is 2.28. The molecular formula is C27H36N2O3. The third kappa shape index (κ3) is 6.35. The normalized spacial score (nSPS) is 15.1. The molecule has 0 aromatic heterocycles. The lowest BCUT2D eigenvalue weighted by Gasteiger charge is -2.31. The monoisotopic (exact) mass is 436 g/mol. The van der Waals surface area contributed by atoms with Gasteiger partial charge in [0.1, 0.15) is 11.8 Å². The lowest BCUT2D eigenvalue weighted by Crippen LogP contribution is -2.50. The molecule has 5 heteroatoms. The summed E-state index contributed by atoms with van der Waals surface area (Å²) >= 11 is 0. The van der Waals surface area contributed by atoms with E-state index in [9.17, 15) is 9.59 Å². The molecule has 0 aliphatic heterocycles. The number of hydrogen-bond donors (Lipinski definition) is 1. The summed E-state index contributed by atoms with van der Waals surface area (Å²) in [5.74, 6) is 0.652. The number of aryl methyl sites for hydroxylation is 2. The van der Waals surface area contributed by atoms with Crippen molar-refractivity contribution in [2.75, 3.05) is 7.11 Å². The lowest BCUT2D eigenvalue weighted by atomic mass is 9.95. The third-order valence-electron chi connectivity index (χ3n) is 6.56. The Kier molecular flexibility index (Phi) is 8.32. The Morgan fingerprint density at radius 3 is 2.28 bits per heavy atom. The van der Waals surface area contributed by atoms with Gasteiger partial charge in [0, 0.05) is 12.6 Å².